The Morgan fingerprint density at radius 1 is 1.22 bits per heavy atom. The number of hydrogen-bond acceptors (Lipinski definition) is 8. The highest BCUT2D eigenvalue weighted by atomic mass is 32.1. The maximum Gasteiger partial charge on any atom is 0.573 e. The van der Waals surface area contributed by atoms with Crippen LogP contribution in [0.4, 0.5) is 22.7 Å². The van der Waals surface area contributed by atoms with Crippen molar-refractivity contribution in [3.05, 3.63) is 51.7 Å². The van der Waals surface area contributed by atoms with E-state index in [1.807, 2.05) is 0 Å². The van der Waals surface area contributed by atoms with Crippen molar-refractivity contribution in [2.75, 3.05) is 11.4 Å². The summed E-state index contributed by atoms with van der Waals surface area (Å²) in [4.78, 5) is 18.6. The monoisotopic (exact) mass is 591 g/mol. The molecule has 0 amide bonds. The average molecular weight is 592 g/mol. The SMILES string of the molecule is O=C(O)C1=Cc2sc(N3CC4CC3CC4OCc3c(-c4ccccc4OC(F)(F)F)noc3C3CC3)nc2C(F)C1. The number of carbonyl (C=O) groups is 1. The van der Waals surface area contributed by atoms with E-state index in [1.54, 1.807) is 6.07 Å². The number of anilines is 1. The van der Waals surface area contributed by atoms with Crippen LogP contribution in [-0.4, -0.2) is 46.3 Å². The Balaban J connectivity index is 1.07. The highest BCUT2D eigenvalue weighted by molar-refractivity contribution is 7.16. The topological polar surface area (TPSA) is 97.9 Å². The van der Waals surface area contributed by atoms with Crippen molar-refractivity contribution in [2.45, 2.75) is 69.3 Å². The van der Waals surface area contributed by atoms with Crippen LogP contribution in [0.15, 0.2) is 34.4 Å². The van der Waals surface area contributed by atoms with Crippen molar-refractivity contribution in [1.29, 1.82) is 0 Å². The van der Waals surface area contributed by atoms with Crippen LogP contribution in [0.3, 0.4) is 0 Å². The predicted octanol–water partition coefficient (Wildman–Crippen LogP) is 6.64. The molecule has 41 heavy (non-hydrogen) atoms. The molecule has 4 unspecified atom stereocenters. The number of aromatic nitrogens is 2. The van der Waals surface area contributed by atoms with Gasteiger partial charge in [0.1, 0.15) is 23.4 Å². The molecule has 3 aliphatic carbocycles. The zero-order chi connectivity index (χ0) is 28.5. The van der Waals surface area contributed by atoms with Crippen molar-refractivity contribution in [1.82, 2.24) is 10.1 Å². The number of hydrogen-bond donors (Lipinski definition) is 1. The van der Waals surface area contributed by atoms with Crippen LogP contribution in [0.5, 0.6) is 5.75 Å². The summed E-state index contributed by atoms with van der Waals surface area (Å²) in [6.07, 6.45) is -1.59. The molecular weight excluding hydrogens is 566 g/mol. The Morgan fingerprint density at radius 3 is 2.73 bits per heavy atom. The molecule has 4 atom stereocenters. The lowest BCUT2D eigenvalue weighted by Gasteiger charge is -2.31. The van der Waals surface area contributed by atoms with E-state index in [0.717, 1.165) is 25.7 Å². The molecule has 0 radical (unpaired) electrons. The fraction of sp³-hybridized carbons (Fsp3) is 0.464. The molecule has 7 rings (SSSR count). The van der Waals surface area contributed by atoms with Gasteiger partial charge >= 0.3 is 12.3 Å². The zero-order valence-electron chi connectivity index (χ0n) is 21.6. The van der Waals surface area contributed by atoms with Gasteiger partial charge in [0.15, 0.2) is 5.13 Å². The van der Waals surface area contributed by atoms with Gasteiger partial charge in [-0.15, -0.1) is 13.2 Å². The standard InChI is InChI=1S/C28H25F4N3O5S/c29-19-8-14(26(36)37)9-22-24(19)33-27(41-22)35-11-15-7-16(35)10-21(15)38-12-18-23(34-40-25(18)13-5-6-13)17-3-1-2-4-20(17)39-28(30,31)32/h1-4,9,13,15-16,19,21H,5-8,10-12H2,(H,36,37). The van der Waals surface area contributed by atoms with E-state index in [1.165, 1.54) is 35.6 Å². The third-order valence-electron chi connectivity index (χ3n) is 8.24. The van der Waals surface area contributed by atoms with Crippen molar-refractivity contribution >= 4 is 28.5 Å². The van der Waals surface area contributed by atoms with Gasteiger partial charge in [-0.1, -0.05) is 28.6 Å². The second-order valence-corrected chi connectivity index (χ2v) is 12.0. The minimum atomic E-state index is -4.85. The van der Waals surface area contributed by atoms with Crippen LogP contribution in [0.25, 0.3) is 17.3 Å². The first-order valence-electron chi connectivity index (χ1n) is 13.4. The molecule has 0 spiro atoms. The van der Waals surface area contributed by atoms with E-state index in [0.29, 0.717) is 39.3 Å². The number of carboxylic acid groups (broad SMARTS) is 1. The molecule has 4 aliphatic rings. The maximum atomic E-state index is 14.7. The molecule has 1 saturated heterocycles. The van der Waals surface area contributed by atoms with E-state index in [-0.39, 0.29) is 53.9 Å². The minimum Gasteiger partial charge on any atom is -0.478 e. The Morgan fingerprint density at radius 2 is 2.02 bits per heavy atom. The summed E-state index contributed by atoms with van der Waals surface area (Å²) in [6.45, 7) is 0.819. The molecule has 2 saturated carbocycles. The van der Waals surface area contributed by atoms with Gasteiger partial charge in [-0.3, -0.25) is 0 Å². The number of fused-ring (bicyclic) bond motifs is 3. The molecule has 3 aromatic rings. The number of para-hydroxylation sites is 1. The number of carboxylic acids is 1. The average Bonchev–Trinajstić information content (AvgIpc) is 3.26. The Hall–Kier alpha value is -3.45. The first kappa shape index (κ1) is 26.4. The normalized spacial score (nSPS) is 25.4. The summed E-state index contributed by atoms with van der Waals surface area (Å²) >= 11 is 1.31. The lowest BCUT2D eigenvalue weighted by atomic mass is 10.00. The minimum absolute atomic E-state index is 0.0443. The number of halogens is 4. The number of thiazole rings is 1. The van der Waals surface area contributed by atoms with E-state index in [9.17, 15) is 27.5 Å². The molecular formula is C28H25F4N3O5S. The van der Waals surface area contributed by atoms with Crippen LogP contribution in [0.2, 0.25) is 0 Å². The number of ether oxygens (including phenoxy) is 2. The highest BCUT2D eigenvalue weighted by Crippen LogP contribution is 2.48. The van der Waals surface area contributed by atoms with Crippen LogP contribution in [0, 0.1) is 5.92 Å². The third-order valence-corrected chi connectivity index (χ3v) is 9.30. The number of rotatable bonds is 8. The van der Waals surface area contributed by atoms with Gasteiger partial charge in [-0.25, -0.2) is 14.2 Å². The molecule has 2 aromatic heterocycles. The Labute approximate surface area is 235 Å². The van der Waals surface area contributed by atoms with Crippen LogP contribution < -0.4 is 9.64 Å². The van der Waals surface area contributed by atoms with Crippen LogP contribution in [0.1, 0.15) is 66.1 Å². The van der Waals surface area contributed by atoms with Crippen molar-refractivity contribution in [2.24, 2.45) is 5.92 Å². The first-order chi connectivity index (χ1) is 19.6. The molecule has 3 fully saturated rings. The number of aliphatic carboxylic acids is 1. The fourth-order valence-corrected chi connectivity index (χ4v) is 7.35. The van der Waals surface area contributed by atoms with Gasteiger partial charge in [0.25, 0.3) is 0 Å². The van der Waals surface area contributed by atoms with Gasteiger partial charge in [0, 0.05) is 47.5 Å². The van der Waals surface area contributed by atoms with E-state index < -0.39 is 18.5 Å². The maximum absolute atomic E-state index is 14.7. The zero-order valence-corrected chi connectivity index (χ0v) is 22.4. The van der Waals surface area contributed by atoms with E-state index in [4.69, 9.17) is 9.26 Å². The van der Waals surface area contributed by atoms with Crippen LogP contribution in [-0.2, 0) is 16.1 Å². The Kier molecular flexibility index (Phi) is 6.34. The van der Waals surface area contributed by atoms with Gasteiger partial charge in [-0.2, -0.15) is 0 Å². The molecule has 13 heteroatoms. The van der Waals surface area contributed by atoms with Crippen molar-refractivity contribution in [3.8, 4) is 17.0 Å². The van der Waals surface area contributed by atoms with E-state index in [2.05, 4.69) is 19.8 Å². The third kappa shape index (κ3) is 4.99. The number of benzene rings is 1. The largest absolute Gasteiger partial charge is 0.573 e. The summed E-state index contributed by atoms with van der Waals surface area (Å²) < 4.78 is 70.1. The first-order valence-corrected chi connectivity index (χ1v) is 14.3. The van der Waals surface area contributed by atoms with Gasteiger partial charge in [0.05, 0.1) is 23.3 Å². The summed E-state index contributed by atoms with van der Waals surface area (Å²) in [5.41, 5.74) is 1.47. The second kappa shape index (κ2) is 9.83. The molecule has 216 valence electrons. The molecule has 3 heterocycles. The lowest BCUT2D eigenvalue weighted by Crippen LogP contribution is -2.38. The summed E-state index contributed by atoms with van der Waals surface area (Å²) in [5.74, 6) is -0.451. The van der Waals surface area contributed by atoms with Gasteiger partial charge in [0.2, 0.25) is 0 Å². The van der Waals surface area contributed by atoms with Crippen LogP contribution >= 0.6 is 11.3 Å². The summed E-state index contributed by atoms with van der Waals surface area (Å²) in [6, 6.07) is 6.02. The number of nitrogens with zero attached hydrogens (tertiary/aromatic N) is 3. The van der Waals surface area contributed by atoms with E-state index >= 15 is 0 Å². The molecule has 1 aromatic carbocycles. The molecule has 2 bridgehead atoms. The van der Waals surface area contributed by atoms with Crippen molar-refractivity contribution < 1.29 is 41.5 Å². The van der Waals surface area contributed by atoms with Gasteiger partial charge < -0.3 is 24.0 Å². The molecule has 1 N–H and O–H groups in total. The smallest absolute Gasteiger partial charge is 0.478 e. The lowest BCUT2D eigenvalue weighted by molar-refractivity contribution is -0.274. The quantitative estimate of drug-likeness (QED) is 0.291. The number of piperidine rings is 1. The summed E-state index contributed by atoms with van der Waals surface area (Å²) in [7, 11) is 0. The van der Waals surface area contributed by atoms with Crippen molar-refractivity contribution in [3.63, 3.8) is 0 Å². The number of alkyl halides is 4. The fourth-order valence-electron chi connectivity index (χ4n) is 6.19. The highest BCUT2D eigenvalue weighted by Gasteiger charge is 2.47. The molecule has 8 nitrogen and oxygen atoms in total. The second-order valence-electron chi connectivity index (χ2n) is 11.0. The summed E-state index contributed by atoms with van der Waals surface area (Å²) in [5, 5.41) is 14.1. The van der Waals surface area contributed by atoms with Gasteiger partial charge in [-0.05, 0) is 43.9 Å². The predicted molar refractivity (Wildman–Crippen MR) is 139 cm³/mol. The Bertz CT molecular complexity index is 1530. The molecule has 1 aliphatic heterocycles.